The van der Waals surface area contributed by atoms with Crippen LogP contribution in [0.5, 0.6) is 0 Å². The van der Waals surface area contributed by atoms with Gasteiger partial charge in [-0.1, -0.05) is 34.6 Å². The first-order chi connectivity index (χ1) is 6.89. The number of nitrogens with one attached hydrogen (secondary N) is 1. The Balaban J connectivity index is 2.47. The zero-order valence-corrected chi connectivity index (χ0v) is 11.4. The molecule has 0 fully saturated rings. The van der Waals surface area contributed by atoms with Crippen LogP contribution < -0.4 is 5.32 Å². The predicted octanol–water partition coefficient (Wildman–Crippen LogP) is 3.59. The van der Waals surface area contributed by atoms with E-state index < -0.39 is 0 Å². The minimum absolute atomic E-state index is 0.300. The van der Waals surface area contributed by atoms with Crippen molar-refractivity contribution < 1.29 is 0 Å². The monoisotopic (exact) mass is 225 g/mol. The smallest absolute Gasteiger partial charge is 0.0102 e. The molecule has 1 nitrogen and oxygen atoms in total. The van der Waals surface area contributed by atoms with E-state index in [1.54, 1.807) is 0 Å². The SMILES string of the molecule is CC(C)NCCc1ccc(C(C)(C)C)s1. The third-order valence-electron chi connectivity index (χ3n) is 2.32. The molecule has 1 N–H and O–H groups in total. The molecule has 0 unspecified atom stereocenters. The normalized spacial score (nSPS) is 12.4. The Morgan fingerprint density at radius 2 is 1.93 bits per heavy atom. The van der Waals surface area contributed by atoms with Crippen molar-refractivity contribution in [2.75, 3.05) is 6.54 Å². The molecule has 86 valence electrons. The van der Waals surface area contributed by atoms with Crippen LogP contribution in [-0.4, -0.2) is 12.6 Å². The van der Waals surface area contributed by atoms with Crippen LogP contribution in [0.25, 0.3) is 0 Å². The molecule has 2 heteroatoms. The van der Waals surface area contributed by atoms with Crippen molar-refractivity contribution in [3.8, 4) is 0 Å². The summed E-state index contributed by atoms with van der Waals surface area (Å²) in [6.45, 7) is 12.3. The fourth-order valence-corrected chi connectivity index (χ4v) is 2.46. The van der Waals surface area contributed by atoms with E-state index in [0.717, 1.165) is 13.0 Å². The van der Waals surface area contributed by atoms with Gasteiger partial charge in [-0.25, -0.2) is 0 Å². The Morgan fingerprint density at radius 3 is 2.40 bits per heavy atom. The average molecular weight is 225 g/mol. The van der Waals surface area contributed by atoms with Gasteiger partial charge in [-0.3, -0.25) is 0 Å². The molecular formula is C13H23NS. The van der Waals surface area contributed by atoms with Crippen LogP contribution in [0.3, 0.4) is 0 Å². The standard InChI is InChI=1S/C13H23NS/c1-10(2)14-9-8-11-6-7-12(15-11)13(3,4)5/h6-7,10,14H,8-9H2,1-5H3. The Morgan fingerprint density at radius 1 is 1.27 bits per heavy atom. The Labute approximate surface area is 97.9 Å². The van der Waals surface area contributed by atoms with Crippen LogP contribution in [0.2, 0.25) is 0 Å². The molecule has 0 amide bonds. The van der Waals surface area contributed by atoms with Crippen LogP contribution in [-0.2, 0) is 11.8 Å². The molecule has 0 saturated carbocycles. The van der Waals surface area contributed by atoms with E-state index in [1.807, 2.05) is 11.3 Å². The first-order valence-corrected chi connectivity index (χ1v) is 6.54. The van der Waals surface area contributed by atoms with E-state index in [9.17, 15) is 0 Å². The molecule has 0 bridgehead atoms. The molecule has 0 saturated heterocycles. The molecule has 1 aromatic rings. The maximum absolute atomic E-state index is 3.45. The summed E-state index contributed by atoms with van der Waals surface area (Å²) in [7, 11) is 0. The summed E-state index contributed by atoms with van der Waals surface area (Å²) in [4.78, 5) is 2.98. The quantitative estimate of drug-likeness (QED) is 0.826. The van der Waals surface area contributed by atoms with Gasteiger partial charge < -0.3 is 5.32 Å². The Kier molecular flexibility index (Phi) is 4.35. The Hall–Kier alpha value is -0.340. The van der Waals surface area contributed by atoms with Gasteiger partial charge >= 0.3 is 0 Å². The van der Waals surface area contributed by atoms with E-state index in [4.69, 9.17) is 0 Å². The predicted molar refractivity (Wildman–Crippen MR) is 69.9 cm³/mol. The maximum atomic E-state index is 3.45. The van der Waals surface area contributed by atoms with Gasteiger partial charge in [-0.15, -0.1) is 11.3 Å². The number of rotatable bonds is 4. The van der Waals surface area contributed by atoms with Crippen LogP contribution in [0.1, 0.15) is 44.4 Å². The van der Waals surface area contributed by atoms with Gasteiger partial charge in [0.1, 0.15) is 0 Å². The number of hydrogen-bond acceptors (Lipinski definition) is 2. The summed E-state index contributed by atoms with van der Waals surface area (Å²) < 4.78 is 0. The van der Waals surface area contributed by atoms with Gasteiger partial charge in [-0.05, 0) is 24.0 Å². The summed E-state index contributed by atoms with van der Waals surface area (Å²) in [6, 6.07) is 5.13. The van der Waals surface area contributed by atoms with Crippen molar-refractivity contribution in [2.45, 2.75) is 52.5 Å². The second kappa shape index (κ2) is 5.13. The zero-order valence-electron chi connectivity index (χ0n) is 10.6. The lowest BCUT2D eigenvalue weighted by Gasteiger charge is -2.15. The second-order valence-electron chi connectivity index (χ2n) is 5.37. The highest BCUT2D eigenvalue weighted by atomic mass is 32.1. The molecule has 0 aromatic carbocycles. The van der Waals surface area contributed by atoms with Crippen molar-refractivity contribution in [1.82, 2.24) is 5.32 Å². The molecule has 1 heterocycles. The summed E-state index contributed by atoms with van der Waals surface area (Å²) >= 11 is 1.95. The molecule has 0 spiro atoms. The van der Waals surface area contributed by atoms with Crippen molar-refractivity contribution in [2.24, 2.45) is 0 Å². The Bertz CT molecular complexity index is 294. The molecule has 0 aliphatic heterocycles. The van der Waals surface area contributed by atoms with Crippen LogP contribution in [0.4, 0.5) is 0 Å². The summed E-state index contributed by atoms with van der Waals surface area (Å²) in [6.07, 6.45) is 1.15. The van der Waals surface area contributed by atoms with Crippen LogP contribution >= 0.6 is 11.3 Å². The molecule has 0 aliphatic carbocycles. The minimum Gasteiger partial charge on any atom is -0.314 e. The number of hydrogen-bond donors (Lipinski definition) is 1. The van der Waals surface area contributed by atoms with Crippen molar-refractivity contribution in [3.63, 3.8) is 0 Å². The van der Waals surface area contributed by atoms with E-state index in [0.29, 0.717) is 11.5 Å². The summed E-state index contributed by atoms with van der Waals surface area (Å²) in [5, 5.41) is 3.45. The van der Waals surface area contributed by atoms with Crippen LogP contribution in [0, 0.1) is 0 Å². The minimum atomic E-state index is 0.300. The van der Waals surface area contributed by atoms with Gasteiger partial charge in [-0.2, -0.15) is 0 Å². The highest BCUT2D eigenvalue weighted by molar-refractivity contribution is 7.12. The largest absolute Gasteiger partial charge is 0.314 e. The maximum Gasteiger partial charge on any atom is 0.0102 e. The van der Waals surface area contributed by atoms with Gasteiger partial charge in [0, 0.05) is 22.3 Å². The summed E-state index contributed by atoms with van der Waals surface area (Å²) in [5.74, 6) is 0. The molecule has 15 heavy (non-hydrogen) atoms. The van der Waals surface area contributed by atoms with E-state index in [2.05, 4.69) is 52.1 Å². The van der Waals surface area contributed by atoms with E-state index in [-0.39, 0.29) is 0 Å². The third-order valence-corrected chi connectivity index (χ3v) is 3.90. The molecule has 0 atom stereocenters. The lowest BCUT2D eigenvalue weighted by atomic mass is 9.95. The fourth-order valence-electron chi connectivity index (χ4n) is 1.40. The first-order valence-electron chi connectivity index (χ1n) is 5.72. The van der Waals surface area contributed by atoms with E-state index in [1.165, 1.54) is 9.75 Å². The van der Waals surface area contributed by atoms with Crippen LogP contribution in [0.15, 0.2) is 12.1 Å². The van der Waals surface area contributed by atoms with Crippen molar-refractivity contribution in [3.05, 3.63) is 21.9 Å². The van der Waals surface area contributed by atoms with Crippen molar-refractivity contribution >= 4 is 11.3 Å². The fraction of sp³-hybridized carbons (Fsp3) is 0.692. The van der Waals surface area contributed by atoms with E-state index >= 15 is 0 Å². The van der Waals surface area contributed by atoms with Gasteiger partial charge in [0.15, 0.2) is 0 Å². The number of thiophene rings is 1. The molecule has 0 aliphatic rings. The van der Waals surface area contributed by atoms with Crippen molar-refractivity contribution in [1.29, 1.82) is 0 Å². The van der Waals surface area contributed by atoms with Gasteiger partial charge in [0.25, 0.3) is 0 Å². The highest BCUT2D eigenvalue weighted by Gasteiger charge is 2.15. The molecule has 1 rings (SSSR count). The lowest BCUT2D eigenvalue weighted by Crippen LogP contribution is -2.24. The third kappa shape index (κ3) is 4.35. The lowest BCUT2D eigenvalue weighted by molar-refractivity contribution is 0.592. The van der Waals surface area contributed by atoms with Gasteiger partial charge in [0.05, 0.1) is 0 Å². The van der Waals surface area contributed by atoms with Gasteiger partial charge in [0.2, 0.25) is 0 Å². The zero-order chi connectivity index (χ0) is 11.5. The summed E-state index contributed by atoms with van der Waals surface area (Å²) in [5.41, 5.74) is 0.300. The second-order valence-corrected chi connectivity index (χ2v) is 6.54. The first kappa shape index (κ1) is 12.7. The molecule has 1 aromatic heterocycles. The molecule has 0 radical (unpaired) electrons. The highest BCUT2D eigenvalue weighted by Crippen LogP contribution is 2.29. The molecular weight excluding hydrogens is 202 g/mol. The average Bonchev–Trinajstić information content (AvgIpc) is 2.51. The topological polar surface area (TPSA) is 12.0 Å².